The molecule has 1 saturated heterocycles. The molecule has 5 nitrogen and oxygen atoms in total. The zero-order valence-corrected chi connectivity index (χ0v) is 14.5. The molecule has 1 aromatic rings. The van der Waals surface area contributed by atoms with Gasteiger partial charge in [0.15, 0.2) is 5.60 Å². The quantitative estimate of drug-likeness (QED) is 0.920. The maximum atomic E-state index is 13.5. The summed E-state index contributed by atoms with van der Waals surface area (Å²) in [5.74, 6) is -0.0372. The van der Waals surface area contributed by atoms with Crippen molar-refractivity contribution in [1.82, 2.24) is 10.2 Å². The first-order valence-corrected chi connectivity index (χ1v) is 8.73. The monoisotopic (exact) mass is 330 g/mol. The molecular formula is C19H26N2O3. The van der Waals surface area contributed by atoms with Crippen LogP contribution in [0.5, 0.6) is 0 Å². The molecule has 2 fully saturated rings. The third-order valence-corrected chi connectivity index (χ3v) is 5.46. The van der Waals surface area contributed by atoms with E-state index in [1.165, 1.54) is 0 Å². The number of nitrogens with one attached hydrogen (secondary N) is 1. The standard InChI is InChI=1S/C19H26N2O3/c1-18(16(22)20-2)14-21(12-13-24-18)17(23)19(10-6-7-11-19)15-8-4-3-5-9-15/h3-5,8-9H,6-7,10-14H2,1-2H3,(H,20,22). The first-order valence-electron chi connectivity index (χ1n) is 8.73. The average molecular weight is 330 g/mol. The van der Waals surface area contributed by atoms with Crippen molar-refractivity contribution in [2.24, 2.45) is 0 Å². The van der Waals surface area contributed by atoms with E-state index in [0.29, 0.717) is 19.7 Å². The second-order valence-corrected chi connectivity index (χ2v) is 7.04. The minimum absolute atomic E-state index is 0.143. The molecule has 2 aliphatic rings. The lowest BCUT2D eigenvalue weighted by Gasteiger charge is -2.42. The fraction of sp³-hybridized carbons (Fsp3) is 0.579. The summed E-state index contributed by atoms with van der Waals surface area (Å²) in [7, 11) is 1.60. The molecule has 1 saturated carbocycles. The minimum atomic E-state index is -0.973. The molecule has 1 heterocycles. The van der Waals surface area contributed by atoms with Gasteiger partial charge in [0.05, 0.1) is 18.6 Å². The second kappa shape index (κ2) is 6.55. The van der Waals surface area contributed by atoms with Crippen molar-refractivity contribution >= 4 is 11.8 Å². The van der Waals surface area contributed by atoms with E-state index < -0.39 is 11.0 Å². The van der Waals surface area contributed by atoms with Crippen LogP contribution in [-0.2, 0) is 19.7 Å². The molecule has 130 valence electrons. The Morgan fingerprint density at radius 2 is 1.83 bits per heavy atom. The van der Waals surface area contributed by atoms with Crippen LogP contribution in [0.3, 0.4) is 0 Å². The fourth-order valence-corrected chi connectivity index (χ4v) is 4.11. The lowest BCUT2D eigenvalue weighted by molar-refractivity contribution is -0.165. The number of carbonyl (C=O) groups is 2. The van der Waals surface area contributed by atoms with E-state index >= 15 is 0 Å². The predicted molar refractivity (Wildman–Crippen MR) is 91.6 cm³/mol. The van der Waals surface area contributed by atoms with Gasteiger partial charge in [-0.05, 0) is 25.3 Å². The van der Waals surface area contributed by atoms with Gasteiger partial charge >= 0.3 is 0 Å². The highest BCUT2D eigenvalue weighted by Crippen LogP contribution is 2.43. The van der Waals surface area contributed by atoms with Crippen molar-refractivity contribution in [3.63, 3.8) is 0 Å². The summed E-state index contributed by atoms with van der Waals surface area (Å²) in [4.78, 5) is 27.4. The number of carbonyl (C=O) groups excluding carboxylic acids is 2. The first kappa shape index (κ1) is 17.0. The Morgan fingerprint density at radius 3 is 2.46 bits per heavy atom. The molecule has 1 aromatic carbocycles. The maximum absolute atomic E-state index is 13.5. The molecule has 0 radical (unpaired) electrons. The number of hydrogen-bond donors (Lipinski definition) is 1. The number of hydrogen-bond acceptors (Lipinski definition) is 3. The molecule has 5 heteroatoms. The zero-order chi connectivity index (χ0) is 17.2. The Kier molecular flexibility index (Phi) is 4.63. The van der Waals surface area contributed by atoms with Crippen LogP contribution in [0.1, 0.15) is 38.2 Å². The van der Waals surface area contributed by atoms with Crippen molar-refractivity contribution in [2.75, 3.05) is 26.7 Å². The van der Waals surface area contributed by atoms with Gasteiger partial charge in [-0.1, -0.05) is 43.2 Å². The van der Waals surface area contributed by atoms with Crippen LogP contribution < -0.4 is 5.32 Å². The molecule has 0 spiro atoms. The first-order chi connectivity index (χ1) is 11.5. The van der Waals surface area contributed by atoms with E-state index in [4.69, 9.17) is 4.74 Å². The number of benzene rings is 1. The van der Waals surface area contributed by atoms with E-state index in [9.17, 15) is 9.59 Å². The van der Waals surface area contributed by atoms with Crippen LogP contribution in [0.15, 0.2) is 30.3 Å². The molecule has 1 N–H and O–H groups in total. The van der Waals surface area contributed by atoms with Crippen LogP contribution in [0.4, 0.5) is 0 Å². The van der Waals surface area contributed by atoms with Crippen LogP contribution >= 0.6 is 0 Å². The molecule has 2 amide bonds. The van der Waals surface area contributed by atoms with Crippen LogP contribution in [0, 0.1) is 0 Å². The number of nitrogens with zero attached hydrogens (tertiary/aromatic N) is 1. The summed E-state index contributed by atoms with van der Waals surface area (Å²) in [6, 6.07) is 10.1. The van der Waals surface area contributed by atoms with Crippen molar-refractivity contribution in [1.29, 1.82) is 0 Å². The van der Waals surface area contributed by atoms with Crippen LogP contribution in [0.25, 0.3) is 0 Å². The third kappa shape index (κ3) is 2.81. The largest absolute Gasteiger partial charge is 0.362 e. The van der Waals surface area contributed by atoms with E-state index in [2.05, 4.69) is 17.4 Å². The predicted octanol–water partition coefficient (Wildman–Crippen LogP) is 1.86. The Labute approximate surface area is 143 Å². The molecule has 1 aliphatic heterocycles. The maximum Gasteiger partial charge on any atom is 0.253 e. The second-order valence-electron chi connectivity index (χ2n) is 7.04. The Balaban J connectivity index is 1.87. The summed E-state index contributed by atoms with van der Waals surface area (Å²) in [6.07, 6.45) is 3.89. The molecule has 0 bridgehead atoms. The van der Waals surface area contributed by atoms with Crippen molar-refractivity contribution < 1.29 is 14.3 Å². The zero-order valence-electron chi connectivity index (χ0n) is 14.5. The van der Waals surface area contributed by atoms with Gasteiger partial charge < -0.3 is 15.0 Å². The van der Waals surface area contributed by atoms with Gasteiger partial charge in [-0.3, -0.25) is 9.59 Å². The fourth-order valence-electron chi connectivity index (χ4n) is 4.11. The summed E-state index contributed by atoms with van der Waals surface area (Å²) in [5, 5.41) is 2.64. The molecule has 3 rings (SSSR count). The number of morpholine rings is 1. The summed E-state index contributed by atoms with van der Waals surface area (Å²) >= 11 is 0. The van der Waals surface area contributed by atoms with Gasteiger partial charge in [0.1, 0.15) is 0 Å². The molecule has 1 unspecified atom stereocenters. The Morgan fingerprint density at radius 1 is 1.17 bits per heavy atom. The van der Waals surface area contributed by atoms with Crippen molar-refractivity contribution in [3.05, 3.63) is 35.9 Å². The van der Waals surface area contributed by atoms with Crippen molar-refractivity contribution in [3.8, 4) is 0 Å². The topological polar surface area (TPSA) is 58.6 Å². The highest BCUT2D eigenvalue weighted by Gasteiger charge is 2.48. The minimum Gasteiger partial charge on any atom is -0.362 e. The van der Waals surface area contributed by atoms with Gasteiger partial charge in [0, 0.05) is 13.6 Å². The van der Waals surface area contributed by atoms with Gasteiger partial charge in [-0.2, -0.15) is 0 Å². The highest BCUT2D eigenvalue weighted by molar-refractivity contribution is 5.90. The van der Waals surface area contributed by atoms with E-state index in [1.807, 2.05) is 23.1 Å². The molecular weight excluding hydrogens is 304 g/mol. The highest BCUT2D eigenvalue weighted by atomic mass is 16.5. The molecule has 24 heavy (non-hydrogen) atoms. The average Bonchev–Trinajstić information content (AvgIpc) is 3.12. The number of amides is 2. The smallest absolute Gasteiger partial charge is 0.253 e. The SMILES string of the molecule is CNC(=O)C1(C)CN(C(=O)C2(c3ccccc3)CCCC2)CCO1. The summed E-state index contributed by atoms with van der Waals surface area (Å²) < 4.78 is 5.69. The molecule has 1 aliphatic carbocycles. The normalized spacial score (nSPS) is 26.2. The van der Waals surface area contributed by atoms with Gasteiger partial charge in [-0.15, -0.1) is 0 Å². The lowest BCUT2D eigenvalue weighted by Crippen LogP contribution is -2.61. The number of likely N-dealkylation sites (N-methyl/N-ethyl adjacent to an activating group) is 1. The third-order valence-electron chi connectivity index (χ3n) is 5.46. The Bertz CT molecular complexity index is 610. The van der Waals surface area contributed by atoms with Crippen LogP contribution in [0.2, 0.25) is 0 Å². The lowest BCUT2D eigenvalue weighted by atomic mass is 9.77. The molecule has 0 aromatic heterocycles. The molecule has 1 atom stereocenters. The van der Waals surface area contributed by atoms with E-state index in [-0.39, 0.29) is 11.8 Å². The van der Waals surface area contributed by atoms with Gasteiger partial charge in [0.25, 0.3) is 5.91 Å². The number of rotatable bonds is 3. The van der Waals surface area contributed by atoms with Crippen molar-refractivity contribution in [2.45, 2.75) is 43.6 Å². The van der Waals surface area contributed by atoms with Crippen LogP contribution in [-0.4, -0.2) is 49.1 Å². The summed E-state index contributed by atoms with van der Waals surface area (Å²) in [5.41, 5.74) is -0.318. The number of ether oxygens (including phenoxy) is 1. The van der Waals surface area contributed by atoms with Gasteiger partial charge in [0.2, 0.25) is 5.91 Å². The van der Waals surface area contributed by atoms with E-state index in [0.717, 1.165) is 31.2 Å². The van der Waals surface area contributed by atoms with Gasteiger partial charge in [-0.25, -0.2) is 0 Å². The van der Waals surface area contributed by atoms with E-state index in [1.54, 1.807) is 14.0 Å². The summed E-state index contributed by atoms with van der Waals surface area (Å²) in [6.45, 7) is 3.00. The Hall–Kier alpha value is -1.88.